The van der Waals surface area contributed by atoms with Crippen LogP contribution in [0.5, 0.6) is 0 Å². The number of hydrogen-bond donors (Lipinski definition) is 2. The molecule has 13 nitrogen and oxygen atoms in total. The van der Waals surface area contributed by atoms with Gasteiger partial charge in [0.2, 0.25) is 0 Å². The first-order valence-electron chi connectivity index (χ1n) is 6.96. The van der Waals surface area contributed by atoms with Crippen molar-refractivity contribution in [3.63, 3.8) is 0 Å². The van der Waals surface area contributed by atoms with Gasteiger partial charge in [0.15, 0.2) is 5.57 Å². The number of ether oxygens (including phenoxy) is 2. The van der Waals surface area contributed by atoms with Crippen molar-refractivity contribution in [3.8, 4) is 0 Å². The number of aliphatic hydroxyl groups is 1. The van der Waals surface area contributed by atoms with Crippen molar-refractivity contribution >= 4 is 35.0 Å². The first-order valence-corrected chi connectivity index (χ1v) is 6.96. The lowest BCUT2D eigenvalue weighted by atomic mass is 9.99. The maximum absolute atomic E-state index is 12.0. The second-order valence-electron chi connectivity index (χ2n) is 5.61. The van der Waals surface area contributed by atoms with E-state index in [0.29, 0.717) is 12.1 Å². The Balaban J connectivity index is 2.80. The molecule has 0 unspecified atom stereocenters. The average molecular weight is 382 g/mol. The predicted molar refractivity (Wildman–Crippen MR) is 82.5 cm³/mol. The summed E-state index contributed by atoms with van der Waals surface area (Å²) in [5.74, 6) is -7.50. The standard InChI is InChI=1S/C14H10N2O11/c1-14(2)26-12(20)9(13(21)27-14)10(17)5-3-7(15(22)23)8(16(24)25)4-6(5)11(18)19/h3-4,17H,1-2H3,(H,18,19). The molecular formula is C14H10N2O11. The molecule has 0 bridgehead atoms. The number of esters is 2. The number of aromatic carboxylic acids is 1. The van der Waals surface area contributed by atoms with Crippen molar-refractivity contribution < 1.29 is 43.9 Å². The summed E-state index contributed by atoms with van der Waals surface area (Å²) in [6, 6.07) is 0.695. The molecule has 1 saturated heterocycles. The Labute approximate surface area is 148 Å². The molecule has 1 aliphatic rings. The van der Waals surface area contributed by atoms with Crippen LogP contribution in [0.3, 0.4) is 0 Å². The molecular weight excluding hydrogens is 372 g/mol. The molecule has 0 radical (unpaired) electrons. The number of aliphatic hydroxyl groups excluding tert-OH is 1. The van der Waals surface area contributed by atoms with Gasteiger partial charge in [0, 0.05) is 31.5 Å². The van der Waals surface area contributed by atoms with Crippen LogP contribution in [0, 0.1) is 20.2 Å². The van der Waals surface area contributed by atoms with Gasteiger partial charge in [-0.15, -0.1) is 0 Å². The van der Waals surface area contributed by atoms with Gasteiger partial charge in [-0.1, -0.05) is 0 Å². The monoisotopic (exact) mass is 382 g/mol. The number of benzene rings is 1. The third kappa shape index (κ3) is 3.51. The highest BCUT2D eigenvalue weighted by Gasteiger charge is 2.42. The predicted octanol–water partition coefficient (Wildman–Crippen LogP) is 1.31. The van der Waals surface area contributed by atoms with E-state index in [9.17, 15) is 44.8 Å². The average Bonchev–Trinajstić information content (AvgIpc) is 2.51. The maximum Gasteiger partial charge on any atom is 0.352 e. The van der Waals surface area contributed by atoms with E-state index in [2.05, 4.69) is 0 Å². The van der Waals surface area contributed by atoms with E-state index in [-0.39, 0.29) is 0 Å². The molecule has 0 amide bonds. The first kappa shape index (κ1) is 19.3. The lowest BCUT2D eigenvalue weighted by molar-refractivity contribution is -0.422. The summed E-state index contributed by atoms with van der Waals surface area (Å²) in [6.07, 6.45) is 0. The number of rotatable bonds is 4. The number of carboxylic acids is 1. The minimum Gasteiger partial charge on any atom is -0.506 e. The normalized spacial score (nSPS) is 15.6. The van der Waals surface area contributed by atoms with Crippen LogP contribution in [0.2, 0.25) is 0 Å². The van der Waals surface area contributed by atoms with Gasteiger partial charge in [0.1, 0.15) is 5.76 Å². The highest BCUT2D eigenvalue weighted by Crippen LogP contribution is 2.35. The number of cyclic esters (lactones) is 2. The summed E-state index contributed by atoms with van der Waals surface area (Å²) >= 11 is 0. The van der Waals surface area contributed by atoms with Gasteiger partial charge < -0.3 is 19.7 Å². The Hall–Kier alpha value is -4.03. The van der Waals surface area contributed by atoms with Crippen molar-refractivity contribution in [1.82, 2.24) is 0 Å². The second-order valence-corrected chi connectivity index (χ2v) is 5.61. The number of carbonyl (C=O) groups excluding carboxylic acids is 2. The summed E-state index contributed by atoms with van der Waals surface area (Å²) in [7, 11) is 0. The lowest BCUT2D eigenvalue weighted by Crippen LogP contribution is -2.42. The summed E-state index contributed by atoms with van der Waals surface area (Å²) in [6.45, 7) is 2.44. The second kappa shape index (κ2) is 6.36. The Morgan fingerprint density at radius 2 is 1.37 bits per heavy atom. The van der Waals surface area contributed by atoms with Gasteiger partial charge >= 0.3 is 29.3 Å². The molecule has 1 heterocycles. The Morgan fingerprint density at radius 1 is 0.963 bits per heavy atom. The molecule has 2 rings (SSSR count). The van der Waals surface area contributed by atoms with Crippen molar-refractivity contribution in [1.29, 1.82) is 0 Å². The minimum atomic E-state index is -1.81. The maximum atomic E-state index is 12.0. The summed E-state index contributed by atoms with van der Waals surface area (Å²) in [4.78, 5) is 54.9. The van der Waals surface area contributed by atoms with E-state index in [4.69, 9.17) is 9.47 Å². The van der Waals surface area contributed by atoms with E-state index in [0.717, 1.165) is 0 Å². The summed E-state index contributed by atoms with van der Waals surface area (Å²) in [5.41, 5.74) is -5.26. The molecule has 0 aromatic heterocycles. The van der Waals surface area contributed by atoms with E-state index in [1.807, 2.05) is 0 Å². The van der Waals surface area contributed by atoms with Crippen molar-refractivity contribution in [3.05, 3.63) is 49.1 Å². The third-order valence-electron chi connectivity index (χ3n) is 3.32. The number of carboxylic acid groups (broad SMARTS) is 1. The fourth-order valence-electron chi connectivity index (χ4n) is 2.22. The van der Waals surface area contributed by atoms with Gasteiger partial charge in [-0.2, -0.15) is 0 Å². The first-order chi connectivity index (χ1) is 12.4. The van der Waals surface area contributed by atoms with Crippen molar-refractivity contribution in [2.75, 3.05) is 0 Å². The molecule has 2 N–H and O–H groups in total. The smallest absolute Gasteiger partial charge is 0.352 e. The van der Waals surface area contributed by atoms with Crippen LogP contribution >= 0.6 is 0 Å². The zero-order valence-corrected chi connectivity index (χ0v) is 13.6. The fraction of sp³-hybridized carbons (Fsp3) is 0.214. The lowest BCUT2D eigenvalue weighted by Gasteiger charge is -2.30. The Morgan fingerprint density at radius 3 is 1.74 bits per heavy atom. The molecule has 1 fully saturated rings. The Bertz CT molecular complexity index is 923. The van der Waals surface area contributed by atoms with Crippen LogP contribution in [-0.4, -0.2) is 43.8 Å². The van der Waals surface area contributed by atoms with Crippen molar-refractivity contribution in [2.45, 2.75) is 19.6 Å². The van der Waals surface area contributed by atoms with Crippen molar-refractivity contribution in [2.24, 2.45) is 0 Å². The van der Waals surface area contributed by atoms with Crippen LogP contribution < -0.4 is 0 Å². The molecule has 27 heavy (non-hydrogen) atoms. The highest BCUT2D eigenvalue weighted by atomic mass is 16.7. The molecule has 1 aromatic rings. The molecule has 0 aliphatic carbocycles. The van der Waals surface area contributed by atoms with E-state index >= 15 is 0 Å². The highest BCUT2D eigenvalue weighted by molar-refractivity contribution is 6.20. The van der Waals surface area contributed by atoms with Crippen LogP contribution in [0.4, 0.5) is 11.4 Å². The minimum absolute atomic E-state index is 0.329. The van der Waals surface area contributed by atoms with E-state index in [1.54, 1.807) is 0 Å². The largest absolute Gasteiger partial charge is 0.506 e. The van der Waals surface area contributed by atoms with Gasteiger partial charge in [0.25, 0.3) is 5.79 Å². The molecule has 0 atom stereocenters. The van der Waals surface area contributed by atoms with Crippen LogP contribution in [0.15, 0.2) is 17.7 Å². The number of nitro groups is 2. The number of carbonyl (C=O) groups is 3. The van der Waals surface area contributed by atoms with E-state index < -0.39 is 67.4 Å². The number of nitrogens with zero attached hydrogens (tertiary/aromatic N) is 2. The quantitative estimate of drug-likeness (QED) is 0.190. The van der Waals surface area contributed by atoms with Gasteiger partial charge in [-0.3, -0.25) is 20.2 Å². The molecule has 1 aliphatic heterocycles. The zero-order chi connectivity index (χ0) is 20.7. The van der Waals surface area contributed by atoms with Crippen LogP contribution in [-0.2, 0) is 19.1 Å². The molecule has 13 heteroatoms. The number of hydrogen-bond acceptors (Lipinski definition) is 10. The third-order valence-corrected chi connectivity index (χ3v) is 3.32. The SMILES string of the molecule is CC1(C)OC(=O)C(=C(O)c2cc([N+](=O)[O-])c([N+](=O)[O-])cc2C(=O)O)C(=O)O1. The van der Waals surface area contributed by atoms with E-state index in [1.165, 1.54) is 13.8 Å². The zero-order valence-electron chi connectivity index (χ0n) is 13.6. The molecule has 1 aromatic carbocycles. The van der Waals surface area contributed by atoms with Gasteiger partial charge in [0.05, 0.1) is 15.4 Å². The topological polar surface area (TPSA) is 196 Å². The molecule has 142 valence electrons. The molecule has 0 spiro atoms. The molecule has 0 saturated carbocycles. The fourth-order valence-corrected chi connectivity index (χ4v) is 2.22. The Kier molecular flexibility index (Phi) is 4.55. The van der Waals surface area contributed by atoms with Gasteiger partial charge in [-0.05, 0) is 0 Å². The van der Waals surface area contributed by atoms with Gasteiger partial charge in [-0.25, -0.2) is 14.4 Å². The number of nitro benzene ring substituents is 2. The summed E-state index contributed by atoms with van der Waals surface area (Å²) < 4.78 is 9.50. The van der Waals surface area contributed by atoms with Crippen LogP contribution in [0.1, 0.15) is 29.8 Å². The van der Waals surface area contributed by atoms with Crippen LogP contribution in [0.25, 0.3) is 5.76 Å². The summed E-state index contributed by atoms with van der Waals surface area (Å²) in [5, 5.41) is 41.4.